The Balaban J connectivity index is 1.74. The molecule has 0 aliphatic heterocycles. The van der Waals surface area contributed by atoms with Gasteiger partial charge in [0.15, 0.2) is 5.82 Å². The van der Waals surface area contributed by atoms with Gasteiger partial charge in [-0.05, 0) is 42.0 Å². The zero-order valence-corrected chi connectivity index (χ0v) is 15.0. The Morgan fingerprint density at radius 1 is 1.19 bits per heavy atom. The molecule has 27 heavy (non-hydrogen) atoms. The van der Waals surface area contributed by atoms with Crippen molar-refractivity contribution in [2.75, 3.05) is 18.2 Å². The van der Waals surface area contributed by atoms with Crippen molar-refractivity contribution in [2.45, 2.75) is 0 Å². The number of ether oxygens (including phenoxy) is 1. The lowest BCUT2D eigenvalue weighted by Gasteiger charge is -2.05. The van der Waals surface area contributed by atoms with Crippen LogP contribution in [0.2, 0.25) is 0 Å². The normalized spacial score (nSPS) is 10.7. The van der Waals surface area contributed by atoms with E-state index in [1.54, 1.807) is 14.2 Å². The number of methoxy groups -OCH3 is 1. The summed E-state index contributed by atoms with van der Waals surface area (Å²) in [5.41, 5.74) is 10.3. The average Bonchev–Trinajstić information content (AvgIpc) is 2.96. The zero-order chi connectivity index (χ0) is 19.2. The Morgan fingerprint density at radius 3 is 2.56 bits per heavy atom. The first-order chi connectivity index (χ1) is 13.1. The minimum Gasteiger partial charge on any atom is -0.497 e. The van der Waals surface area contributed by atoms with Crippen LogP contribution in [0.25, 0.3) is 0 Å². The van der Waals surface area contributed by atoms with Crippen LogP contribution in [0.3, 0.4) is 0 Å². The van der Waals surface area contributed by atoms with Crippen molar-refractivity contribution in [3.05, 3.63) is 65.7 Å². The van der Waals surface area contributed by atoms with Gasteiger partial charge in [-0.1, -0.05) is 18.2 Å². The molecule has 0 saturated carbocycles. The molecule has 0 atom stereocenters. The molecule has 0 radical (unpaired) electrons. The van der Waals surface area contributed by atoms with Crippen LogP contribution in [0, 0.1) is 0 Å². The van der Waals surface area contributed by atoms with E-state index in [1.165, 1.54) is 10.9 Å². The van der Waals surface area contributed by atoms with Crippen LogP contribution in [0.4, 0.5) is 17.3 Å². The molecule has 0 spiro atoms. The molecule has 0 aliphatic rings. The summed E-state index contributed by atoms with van der Waals surface area (Å²) >= 11 is 0. The third kappa shape index (κ3) is 4.24. The van der Waals surface area contributed by atoms with Crippen LogP contribution >= 0.6 is 0 Å². The third-order valence-electron chi connectivity index (χ3n) is 3.85. The van der Waals surface area contributed by atoms with Crippen molar-refractivity contribution in [1.29, 1.82) is 0 Å². The van der Waals surface area contributed by atoms with Crippen molar-refractivity contribution in [2.24, 2.45) is 12.1 Å². The number of nitrogens with one attached hydrogen (secondary N) is 2. The van der Waals surface area contributed by atoms with Gasteiger partial charge >= 0.3 is 0 Å². The number of benzene rings is 2. The van der Waals surface area contributed by atoms with Gasteiger partial charge in [-0.15, -0.1) is 0 Å². The fraction of sp³-hybridized carbons (Fsp3) is 0.105. The van der Waals surface area contributed by atoms with E-state index >= 15 is 0 Å². The molecule has 1 amide bonds. The first-order valence-electron chi connectivity index (χ1n) is 8.20. The molecular weight excluding hydrogens is 344 g/mol. The summed E-state index contributed by atoms with van der Waals surface area (Å²) in [6, 6.07) is 16.7. The number of nitrogens with zero attached hydrogens (tertiary/aromatic N) is 3. The molecule has 2 aromatic carbocycles. The van der Waals surface area contributed by atoms with Gasteiger partial charge in [-0.3, -0.25) is 9.48 Å². The summed E-state index contributed by atoms with van der Waals surface area (Å²) in [5, 5.41) is 11.3. The van der Waals surface area contributed by atoms with Crippen molar-refractivity contribution >= 4 is 29.4 Å². The highest BCUT2D eigenvalue weighted by molar-refractivity contribution is 6.04. The highest BCUT2D eigenvalue weighted by atomic mass is 16.5. The van der Waals surface area contributed by atoms with Crippen LogP contribution in [0.5, 0.6) is 5.75 Å². The highest BCUT2D eigenvalue weighted by Crippen LogP contribution is 2.24. The molecule has 1 aromatic heterocycles. The summed E-state index contributed by atoms with van der Waals surface area (Å²) in [4.78, 5) is 12.6. The van der Waals surface area contributed by atoms with E-state index in [0.29, 0.717) is 5.82 Å². The topological polar surface area (TPSA) is 107 Å². The fourth-order valence-corrected chi connectivity index (χ4v) is 2.42. The Hall–Kier alpha value is -3.81. The van der Waals surface area contributed by atoms with Crippen molar-refractivity contribution in [3.8, 4) is 5.75 Å². The smallest absolute Gasteiger partial charge is 0.278 e. The second-order valence-corrected chi connectivity index (χ2v) is 5.70. The maximum Gasteiger partial charge on any atom is 0.278 e. The first-order valence-corrected chi connectivity index (χ1v) is 8.20. The summed E-state index contributed by atoms with van der Waals surface area (Å²) in [6.45, 7) is 0. The van der Waals surface area contributed by atoms with Gasteiger partial charge in [-0.25, -0.2) is 5.43 Å². The number of carbonyl (C=O) groups excluding carboxylic acids is 1. The van der Waals surface area contributed by atoms with Gasteiger partial charge in [0.25, 0.3) is 5.91 Å². The number of nitrogens with two attached hydrogens (primary N) is 1. The van der Waals surface area contributed by atoms with Crippen molar-refractivity contribution in [3.63, 3.8) is 0 Å². The molecule has 1 heterocycles. The van der Waals surface area contributed by atoms with Gasteiger partial charge in [-0.2, -0.15) is 10.2 Å². The van der Waals surface area contributed by atoms with Gasteiger partial charge in [0.1, 0.15) is 17.1 Å². The van der Waals surface area contributed by atoms with Crippen molar-refractivity contribution in [1.82, 2.24) is 15.2 Å². The number of para-hydroxylation sites is 1. The molecule has 8 nitrogen and oxygen atoms in total. The lowest BCUT2D eigenvalue weighted by atomic mass is 10.2. The second-order valence-electron chi connectivity index (χ2n) is 5.70. The monoisotopic (exact) mass is 364 g/mol. The number of hydrogen-bond donors (Lipinski definition) is 3. The van der Waals surface area contributed by atoms with Crippen molar-refractivity contribution < 1.29 is 9.53 Å². The predicted molar refractivity (Wildman–Crippen MR) is 105 cm³/mol. The minimum atomic E-state index is -0.455. The Kier molecular flexibility index (Phi) is 5.36. The van der Waals surface area contributed by atoms with E-state index in [0.717, 1.165) is 17.0 Å². The second kappa shape index (κ2) is 8.05. The number of hydrogen-bond acceptors (Lipinski definition) is 6. The predicted octanol–water partition coefficient (Wildman–Crippen LogP) is 2.52. The number of amides is 1. The van der Waals surface area contributed by atoms with E-state index < -0.39 is 5.91 Å². The molecule has 0 unspecified atom stereocenters. The number of hydrazone groups is 1. The van der Waals surface area contributed by atoms with Crippen LogP contribution < -0.4 is 21.2 Å². The van der Waals surface area contributed by atoms with E-state index in [-0.39, 0.29) is 11.4 Å². The first kappa shape index (κ1) is 18.0. The molecule has 0 fully saturated rings. The van der Waals surface area contributed by atoms with Gasteiger partial charge in [0, 0.05) is 12.7 Å². The number of carbonyl (C=O) groups is 1. The SMILES string of the molecule is COc1ccc(/C=N/NC(=O)c2c(Nc3ccccc3)nn(C)c2N)cc1. The molecule has 3 aromatic rings. The molecule has 0 bridgehead atoms. The number of nitrogen functional groups attached to an aromatic ring is 1. The molecule has 0 aliphatic carbocycles. The molecule has 138 valence electrons. The van der Waals surface area contributed by atoms with Crippen LogP contribution in [0.1, 0.15) is 15.9 Å². The largest absolute Gasteiger partial charge is 0.497 e. The lowest BCUT2D eigenvalue weighted by Crippen LogP contribution is -2.20. The Bertz CT molecular complexity index is 948. The van der Waals surface area contributed by atoms with E-state index in [9.17, 15) is 4.79 Å². The maximum atomic E-state index is 12.6. The maximum absolute atomic E-state index is 12.6. The quantitative estimate of drug-likeness (QED) is 0.460. The Labute approximate surface area is 156 Å². The lowest BCUT2D eigenvalue weighted by molar-refractivity contribution is 0.0957. The van der Waals surface area contributed by atoms with E-state index in [1.807, 2.05) is 54.6 Å². The van der Waals surface area contributed by atoms with Gasteiger partial charge in [0.2, 0.25) is 0 Å². The number of rotatable bonds is 6. The minimum absolute atomic E-state index is 0.230. The molecule has 8 heteroatoms. The molecule has 3 rings (SSSR count). The molecule has 4 N–H and O–H groups in total. The molecule has 0 saturated heterocycles. The number of aryl methyl sites for hydroxylation is 1. The average molecular weight is 364 g/mol. The van der Waals surface area contributed by atoms with Crippen LogP contribution in [-0.2, 0) is 7.05 Å². The van der Waals surface area contributed by atoms with Gasteiger partial charge < -0.3 is 15.8 Å². The highest BCUT2D eigenvalue weighted by Gasteiger charge is 2.21. The summed E-state index contributed by atoms with van der Waals surface area (Å²) in [7, 11) is 3.27. The van der Waals surface area contributed by atoms with Crippen LogP contribution in [-0.4, -0.2) is 29.0 Å². The fourth-order valence-electron chi connectivity index (χ4n) is 2.42. The summed E-state index contributed by atoms with van der Waals surface area (Å²) < 4.78 is 6.54. The summed E-state index contributed by atoms with van der Waals surface area (Å²) in [6.07, 6.45) is 1.54. The number of anilines is 3. The molecular formula is C19H20N6O2. The third-order valence-corrected chi connectivity index (χ3v) is 3.85. The zero-order valence-electron chi connectivity index (χ0n) is 15.0. The summed E-state index contributed by atoms with van der Waals surface area (Å²) in [5.74, 6) is 0.892. The van der Waals surface area contributed by atoms with Crippen LogP contribution in [0.15, 0.2) is 59.7 Å². The van der Waals surface area contributed by atoms with E-state index in [4.69, 9.17) is 10.5 Å². The van der Waals surface area contributed by atoms with Gasteiger partial charge in [0.05, 0.1) is 13.3 Å². The number of aromatic nitrogens is 2. The Morgan fingerprint density at radius 2 is 1.89 bits per heavy atom. The van der Waals surface area contributed by atoms with E-state index in [2.05, 4.69) is 20.9 Å². The standard InChI is InChI=1S/C19H20N6O2/c1-25-17(20)16(18(24-25)22-14-6-4-3-5-7-14)19(26)23-21-12-13-8-10-15(27-2)11-9-13/h3-12H,20H2,1-2H3,(H,22,24)(H,23,26)/b21-12+.